The van der Waals surface area contributed by atoms with E-state index in [0.717, 1.165) is 12.1 Å². The van der Waals surface area contributed by atoms with Crippen LogP contribution in [0.25, 0.3) is 0 Å². The molecule has 102 valence electrons. The van der Waals surface area contributed by atoms with Crippen molar-refractivity contribution in [3.63, 3.8) is 0 Å². The predicted octanol–water partition coefficient (Wildman–Crippen LogP) is 0.994. The number of hydrogen-bond acceptors (Lipinski definition) is 5. The lowest BCUT2D eigenvalue weighted by atomic mass is 10.4. The molecule has 0 amide bonds. The van der Waals surface area contributed by atoms with Gasteiger partial charge in [0.25, 0.3) is 0 Å². The van der Waals surface area contributed by atoms with Crippen LogP contribution in [-0.2, 0) is 22.6 Å². The first-order chi connectivity index (χ1) is 8.79. The van der Waals surface area contributed by atoms with Gasteiger partial charge in [-0.15, -0.1) is 0 Å². The second-order valence-electron chi connectivity index (χ2n) is 4.08. The summed E-state index contributed by atoms with van der Waals surface area (Å²) in [5.41, 5.74) is 1.21. The van der Waals surface area contributed by atoms with E-state index in [4.69, 9.17) is 9.52 Å². The Morgan fingerprint density at radius 1 is 1.47 bits per heavy atom. The van der Waals surface area contributed by atoms with Crippen LogP contribution in [0.3, 0.4) is 0 Å². The Bertz CT molecular complexity index is 726. The molecule has 0 saturated heterocycles. The maximum Gasteiger partial charge on any atom is 0.371 e. The van der Waals surface area contributed by atoms with Crippen molar-refractivity contribution in [2.45, 2.75) is 17.8 Å². The molecule has 0 fully saturated rings. The Morgan fingerprint density at radius 3 is 2.63 bits per heavy atom. The van der Waals surface area contributed by atoms with E-state index in [1.807, 2.05) is 0 Å². The minimum absolute atomic E-state index is 0.295. The zero-order valence-electron chi connectivity index (χ0n) is 10.3. The molecule has 0 spiro atoms. The molecular formula is C11H12N2O5S. The number of hydrogen-bond donors (Lipinski definition) is 1. The van der Waals surface area contributed by atoms with Crippen LogP contribution in [0.15, 0.2) is 27.7 Å². The van der Waals surface area contributed by atoms with E-state index in [9.17, 15) is 13.2 Å². The molecular weight excluding hydrogens is 272 g/mol. The van der Waals surface area contributed by atoms with Crippen molar-refractivity contribution >= 4 is 15.8 Å². The molecule has 0 radical (unpaired) electrons. The number of aromatic carboxylic acids is 1. The standard InChI is InChI=1S/C11H12N2O5S/c1-7-5-8(13(2)12-7)6-19(16,17)10-4-3-9(18-10)11(14)15/h3-5H,6H2,1-2H3,(H,14,15). The molecule has 0 bridgehead atoms. The Balaban J connectivity index is 2.32. The molecule has 0 aliphatic carbocycles. The van der Waals surface area contributed by atoms with Gasteiger partial charge in [-0.3, -0.25) is 4.68 Å². The number of carbonyl (C=O) groups is 1. The van der Waals surface area contributed by atoms with Crippen molar-refractivity contribution in [1.29, 1.82) is 0 Å². The number of rotatable bonds is 4. The average Bonchev–Trinajstić information content (AvgIpc) is 2.86. The van der Waals surface area contributed by atoms with Crippen LogP contribution in [0.4, 0.5) is 0 Å². The van der Waals surface area contributed by atoms with Crippen molar-refractivity contribution in [2.75, 3.05) is 0 Å². The average molecular weight is 284 g/mol. The van der Waals surface area contributed by atoms with Gasteiger partial charge in [-0.2, -0.15) is 5.10 Å². The molecule has 0 unspecified atom stereocenters. The highest BCUT2D eigenvalue weighted by atomic mass is 32.2. The number of carboxylic acids is 1. The topological polar surface area (TPSA) is 102 Å². The van der Waals surface area contributed by atoms with Crippen LogP contribution < -0.4 is 0 Å². The SMILES string of the molecule is Cc1cc(CS(=O)(=O)c2ccc(C(=O)O)o2)n(C)n1. The van der Waals surface area contributed by atoms with Crippen LogP contribution in [-0.4, -0.2) is 29.3 Å². The van der Waals surface area contributed by atoms with Gasteiger partial charge in [0, 0.05) is 7.05 Å². The molecule has 19 heavy (non-hydrogen) atoms. The summed E-state index contributed by atoms with van der Waals surface area (Å²) in [4.78, 5) is 10.7. The number of aryl methyl sites for hydroxylation is 2. The number of aromatic nitrogens is 2. The van der Waals surface area contributed by atoms with E-state index in [1.165, 1.54) is 4.68 Å². The molecule has 8 heteroatoms. The largest absolute Gasteiger partial charge is 0.475 e. The Hall–Kier alpha value is -2.09. The van der Waals surface area contributed by atoms with Gasteiger partial charge >= 0.3 is 5.97 Å². The third-order valence-electron chi connectivity index (χ3n) is 2.54. The van der Waals surface area contributed by atoms with E-state index in [1.54, 1.807) is 20.0 Å². The lowest BCUT2D eigenvalue weighted by Crippen LogP contribution is -2.08. The monoisotopic (exact) mass is 284 g/mol. The number of furan rings is 1. The van der Waals surface area contributed by atoms with Crippen LogP contribution >= 0.6 is 0 Å². The second kappa shape index (κ2) is 4.54. The zero-order chi connectivity index (χ0) is 14.2. The fourth-order valence-electron chi connectivity index (χ4n) is 1.67. The molecule has 2 aromatic heterocycles. The third-order valence-corrected chi connectivity index (χ3v) is 4.04. The Kier molecular flexibility index (Phi) is 3.19. The second-order valence-corrected chi connectivity index (χ2v) is 6.00. The van der Waals surface area contributed by atoms with Crippen LogP contribution in [0.2, 0.25) is 0 Å². The van der Waals surface area contributed by atoms with Crippen LogP contribution in [0.5, 0.6) is 0 Å². The van der Waals surface area contributed by atoms with Gasteiger partial charge < -0.3 is 9.52 Å². The van der Waals surface area contributed by atoms with E-state index in [0.29, 0.717) is 11.4 Å². The minimum atomic E-state index is -3.73. The van der Waals surface area contributed by atoms with Gasteiger partial charge in [0.1, 0.15) is 0 Å². The van der Waals surface area contributed by atoms with Crippen LogP contribution in [0, 0.1) is 6.92 Å². The first-order valence-electron chi connectivity index (χ1n) is 5.35. The molecule has 0 saturated carbocycles. The fraction of sp³-hybridized carbons (Fsp3) is 0.273. The first kappa shape index (κ1) is 13.3. The summed E-state index contributed by atoms with van der Waals surface area (Å²) in [6, 6.07) is 3.91. The maximum absolute atomic E-state index is 12.1. The maximum atomic E-state index is 12.1. The predicted molar refractivity (Wildman–Crippen MR) is 64.5 cm³/mol. The lowest BCUT2D eigenvalue weighted by Gasteiger charge is -2.01. The highest BCUT2D eigenvalue weighted by molar-refractivity contribution is 7.90. The normalized spacial score (nSPS) is 11.7. The molecule has 1 N–H and O–H groups in total. The van der Waals surface area contributed by atoms with Gasteiger partial charge in [-0.05, 0) is 25.1 Å². The highest BCUT2D eigenvalue weighted by Crippen LogP contribution is 2.19. The van der Waals surface area contributed by atoms with Crippen molar-refractivity contribution in [2.24, 2.45) is 7.05 Å². The van der Waals surface area contributed by atoms with Gasteiger partial charge in [0.15, 0.2) is 0 Å². The van der Waals surface area contributed by atoms with Gasteiger partial charge in [0.2, 0.25) is 20.7 Å². The van der Waals surface area contributed by atoms with E-state index < -0.39 is 21.6 Å². The first-order valence-corrected chi connectivity index (χ1v) is 7.00. The summed E-state index contributed by atoms with van der Waals surface area (Å²) >= 11 is 0. The van der Waals surface area contributed by atoms with Gasteiger partial charge in [-0.25, -0.2) is 13.2 Å². The van der Waals surface area contributed by atoms with E-state index in [-0.39, 0.29) is 10.8 Å². The fourth-order valence-corrected chi connectivity index (χ4v) is 2.96. The van der Waals surface area contributed by atoms with Crippen molar-refractivity contribution in [3.05, 3.63) is 35.3 Å². The number of carboxylic acid groups (broad SMARTS) is 1. The van der Waals surface area contributed by atoms with Crippen molar-refractivity contribution in [3.8, 4) is 0 Å². The zero-order valence-corrected chi connectivity index (χ0v) is 11.1. The van der Waals surface area contributed by atoms with Gasteiger partial charge in [-0.1, -0.05) is 0 Å². The molecule has 2 aromatic rings. The molecule has 0 aliphatic heterocycles. The summed E-state index contributed by atoms with van der Waals surface area (Å²) in [7, 11) is -2.08. The quantitative estimate of drug-likeness (QED) is 0.898. The number of nitrogens with zero attached hydrogens (tertiary/aromatic N) is 2. The number of sulfone groups is 1. The van der Waals surface area contributed by atoms with Crippen molar-refractivity contribution in [1.82, 2.24) is 9.78 Å². The Labute approximate surface area is 109 Å². The van der Waals surface area contributed by atoms with Crippen LogP contribution in [0.1, 0.15) is 21.9 Å². The highest BCUT2D eigenvalue weighted by Gasteiger charge is 2.23. The van der Waals surface area contributed by atoms with E-state index >= 15 is 0 Å². The van der Waals surface area contributed by atoms with Gasteiger partial charge in [0.05, 0.1) is 17.1 Å². The smallest absolute Gasteiger partial charge is 0.371 e. The molecule has 2 rings (SSSR count). The molecule has 0 aliphatic rings. The summed E-state index contributed by atoms with van der Waals surface area (Å²) in [5, 5.41) is 12.4. The molecule has 0 atom stereocenters. The summed E-state index contributed by atoms with van der Waals surface area (Å²) in [6.45, 7) is 1.76. The molecule has 7 nitrogen and oxygen atoms in total. The lowest BCUT2D eigenvalue weighted by molar-refractivity contribution is 0.0656. The minimum Gasteiger partial charge on any atom is -0.475 e. The Morgan fingerprint density at radius 2 is 2.16 bits per heavy atom. The summed E-state index contributed by atoms with van der Waals surface area (Å²) < 4.78 is 30.4. The molecule has 2 heterocycles. The molecule has 0 aromatic carbocycles. The summed E-state index contributed by atoms with van der Waals surface area (Å²) in [5.74, 6) is -2.01. The van der Waals surface area contributed by atoms with Crippen molar-refractivity contribution < 1.29 is 22.7 Å². The third kappa shape index (κ3) is 2.68. The summed E-state index contributed by atoms with van der Waals surface area (Å²) in [6.07, 6.45) is 0. The van der Waals surface area contributed by atoms with E-state index in [2.05, 4.69) is 5.10 Å².